The van der Waals surface area contributed by atoms with Gasteiger partial charge in [0.1, 0.15) is 11.9 Å². The normalized spacial score (nSPS) is 15.3. The van der Waals surface area contributed by atoms with Crippen LogP contribution in [-0.2, 0) is 17.6 Å². The average Bonchev–Trinajstić information content (AvgIpc) is 2.63. The monoisotopic (exact) mass is 323 g/mol. The molecule has 3 nitrogen and oxygen atoms in total. The number of hydrogen-bond acceptors (Lipinski definition) is 2. The van der Waals surface area contributed by atoms with Crippen molar-refractivity contribution in [2.75, 3.05) is 13.1 Å². The topological polar surface area (TPSA) is 29.5 Å². The van der Waals surface area contributed by atoms with Crippen molar-refractivity contribution >= 4 is 5.91 Å². The van der Waals surface area contributed by atoms with Gasteiger partial charge in [0, 0.05) is 25.9 Å². The summed E-state index contributed by atoms with van der Waals surface area (Å²) in [6.07, 6.45) is 3.51. The van der Waals surface area contributed by atoms with Crippen molar-refractivity contribution in [1.29, 1.82) is 0 Å². The first-order valence-corrected chi connectivity index (χ1v) is 8.82. The van der Waals surface area contributed by atoms with Crippen LogP contribution in [0, 0.1) is 0 Å². The fourth-order valence-corrected chi connectivity index (χ4v) is 3.14. The second-order valence-electron chi connectivity index (χ2n) is 6.36. The Bertz CT molecular complexity index is 661. The molecule has 3 rings (SSSR count). The van der Waals surface area contributed by atoms with Crippen LogP contribution in [0.3, 0.4) is 0 Å². The minimum atomic E-state index is 0.206. The molecule has 1 fully saturated rings. The third-order valence-corrected chi connectivity index (χ3v) is 4.60. The summed E-state index contributed by atoms with van der Waals surface area (Å²) in [4.78, 5) is 14.4. The number of hydrogen-bond donors (Lipinski definition) is 0. The number of rotatable bonds is 5. The van der Waals surface area contributed by atoms with E-state index in [1.165, 1.54) is 5.56 Å². The van der Waals surface area contributed by atoms with Gasteiger partial charge in [-0.2, -0.15) is 0 Å². The van der Waals surface area contributed by atoms with Gasteiger partial charge >= 0.3 is 0 Å². The number of ether oxygens (including phenoxy) is 1. The van der Waals surface area contributed by atoms with Crippen LogP contribution in [0.5, 0.6) is 5.75 Å². The molecular weight excluding hydrogens is 298 g/mol. The number of aryl methyl sites for hydroxylation is 1. The molecule has 0 saturated carbocycles. The van der Waals surface area contributed by atoms with Crippen molar-refractivity contribution in [3.8, 4) is 5.75 Å². The van der Waals surface area contributed by atoms with Crippen LogP contribution in [0.15, 0.2) is 54.6 Å². The molecule has 0 radical (unpaired) electrons. The highest BCUT2D eigenvalue weighted by atomic mass is 16.5. The predicted octanol–water partition coefficient (Wildman–Crippen LogP) is 3.86. The first-order valence-electron chi connectivity index (χ1n) is 8.82. The largest absolute Gasteiger partial charge is 0.490 e. The minimum absolute atomic E-state index is 0.206. The number of carbonyl (C=O) groups excluding carboxylic acids is 1. The lowest BCUT2D eigenvalue weighted by Gasteiger charge is -2.32. The minimum Gasteiger partial charge on any atom is -0.490 e. The summed E-state index contributed by atoms with van der Waals surface area (Å²) >= 11 is 0. The van der Waals surface area contributed by atoms with Gasteiger partial charge in [0.25, 0.3) is 0 Å². The molecule has 0 spiro atoms. The third kappa shape index (κ3) is 4.38. The highest BCUT2D eigenvalue weighted by molar-refractivity contribution is 5.78. The zero-order valence-corrected chi connectivity index (χ0v) is 14.3. The van der Waals surface area contributed by atoms with E-state index < -0.39 is 0 Å². The highest BCUT2D eigenvalue weighted by Gasteiger charge is 2.23. The Hall–Kier alpha value is -2.29. The second kappa shape index (κ2) is 8.00. The smallest absolute Gasteiger partial charge is 0.226 e. The zero-order chi connectivity index (χ0) is 16.8. The molecule has 24 heavy (non-hydrogen) atoms. The molecular formula is C21H25NO2. The Morgan fingerprint density at radius 1 is 1.04 bits per heavy atom. The Kier molecular flexibility index (Phi) is 5.52. The fourth-order valence-electron chi connectivity index (χ4n) is 3.14. The SMILES string of the molecule is CCc1cccc(OC2CCN(C(=O)Cc3ccccc3)CC2)c1. The molecule has 2 aromatic rings. The fraction of sp³-hybridized carbons (Fsp3) is 0.381. The van der Waals surface area contributed by atoms with E-state index >= 15 is 0 Å². The van der Waals surface area contributed by atoms with Crippen LogP contribution in [0.4, 0.5) is 0 Å². The number of piperidine rings is 1. The van der Waals surface area contributed by atoms with Gasteiger partial charge in [-0.3, -0.25) is 4.79 Å². The van der Waals surface area contributed by atoms with E-state index in [4.69, 9.17) is 4.74 Å². The molecule has 0 N–H and O–H groups in total. The maximum atomic E-state index is 12.4. The van der Waals surface area contributed by atoms with Crippen molar-refractivity contribution in [3.63, 3.8) is 0 Å². The van der Waals surface area contributed by atoms with Crippen molar-refractivity contribution < 1.29 is 9.53 Å². The molecule has 0 unspecified atom stereocenters. The number of carbonyl (C=O) groups is 1. The van der Waals surface area contributed by atoms with Crippen LogP contribution in [0.25, 0.3) is 0 Å². The third-order valence-electron chi connectivity index (χ3n) is 4.60. The predicted molar refractivity (Wildman–Crippen MR) is 96.2 cm³/mol. The molecule has 0 aromatic heterocycles. The maximum Gasteiger partial charge on any atom is 0.226 e. The first kappa shape index (κ1) is 16.6. The van der Waals surface area contributed by atoms with Gasteiger partial charge in [-0.1, -0.05) is 49.4 Å². The van der Waals surface area contributed by atoms with Gasteiger partial charge in [0.2, 0.25) is 5.91 Å². The van der Waals surface area contributed by atoms with Gasteiger partial charge < -0.3 is 9.64 Å². The lowest BCUT2D eigenvalue weighted by Crippen LogP contribution is -2.42. The van der Waals surface area contributed by atoms with Gasteiger partial charge in [-0.15, -0.1) is 0 Å². The maximum absolute atomic E-state index is 12.4. The summed E-state index contributed by atoms with van der Waals surface area (Å²) in [5.74, 6) is 1.16. The highest BCUT2D eigenvalue weighted by Crippen LogP contribution is 2.21. The Balaban J connectivity index is 1.49. The first-order chi connectivity index (χ1) is 11.7. The molecule has 2 aromatic carbocycles. The van der Waals surface area contributed by atoms with E-state index in [1.807, 2.05) is 47.4 Å². The number of nitrogens with zero attached hydrogens (tertiary/aromatic N) is 1. The molecule has 0 bridgehead atoms. The van der Waals surface area contributed by atoms with Gasteiger partial charge in [0.15, 0.2) is 0 Å². The quantitative estimate of drug-likeness (QED) is 0.836. The van der Waals surface area contributed by atoms with E-state index in [0.29, 0.717) is 6.42 Å². The van der Waals surface area contributed by atoms with Crippen LogP contribution >= 0.6 is 0 Å². The molecule has 0 atom stereocenters. The molecule has 3 heteroatoms. The number of benzene rings is 2. The summed E-state index contributed by atoms with van der Waals surface area (Å²) in [5, 5.41) is 0. The van der Waals surface area contributed by atoms with Crippen LogP contribution in [0.2, 0.25) is 0 Å². The van der Waals surface area contributed by atoms with Gasteiger partial charge in [-0.05, 0) is 29.7 Å². The molecule has 126 valence electrons. The van der Waals surface area contributed by atoms with E-state index in [9.17, 15) is 4.79 Å². The Morgan fingerprint density at radius 3 is 2.46 bits per heavy atom. The standard InChI is InChI=1S/C21H25NO2/c1-2-17-9-6-10-20(15-17)24-19-11-13-22(14-12-19)21(23)16-18-7-4-3-5-8-18/h3-10,15,19H,2,11-14,16H2,1H3. The van der Waals surface area contributed by atoms with E-state index in [0.717, 1.165) is 43.7 Å². The van der Waals surface area contributed by atoms with E-state index in [2.05, 4.69) is 19.1 Å². The second-order valence-corrected chi connectivity index (χ2v) is 6.36. The number of amides is 1. The molecule has 0 aliphatic carbocycles. The van der Waals surface area contributed by atoms with Crippen molar-refractivity contribution in [1.82, 2.24) is 4.90 Å². The summed E-state index contributed by atoms with van der Waals surface area (Å²) in [5.41, 5.74) is 2.38. The number of likely N-dealkylation sites (tertiary alicyclic amines) is 1. The van der Waals surface area contributed by atoms with Crippen molar-refractivity contribution in [3.05, 3.63) is 65.7 Å². The average molecular weight is 323 g/mol. The van der Waals surface area contributed by atoms with E-state index in [-0.39, 0.29) is 12.0 Å². The lowest BCUT2D eigenvalue weighted by molar-refractivity contribution is -0.132. The van der Waals surface area contributed by atoms with Crippen LogP contribution in [-0.4, -0.2) is 30.0 Å². The summed E-state index contributed by atoms with van der Waals surface area (Å²) in [7, 11) is 0. The Labute approximate surface area is 144 Å². The van der Waals surface area contributed by atoms with Gasteiger partial charge in [-0.25, -0.2) is 0 Å². The molecule has 1 aliphatic rings. The van der Waals surface area contributed by atoms with Crippen molar-refractivity contribution in [2.45, 2.75) is 38.7 Å². The lowest BCUT2D eigenvalue weighted by atomic mass is 10.1. The summed E-state index contributed by atoms with van der Waals surface area (Å²) in [6.45, 7) is 3.71. The molecule has 1 aliphatic heterocycles. The summed E-state index contributed by atoms with van der Waals surface area (Å²) < 4.78 is 6.11. The van der Waals surface area contributed by atoms with Crippen LogP contribution < -0.4 is 4.74 Å². The Morgan fingerprint density at radius 2 is 1.75 bits per heavy atom. The van der Waals surface area contributed by atoms with Gasteiger partial charge in [0.05, 0.1) is 6.42 Å². The molecule has 1 heterocycles. The zero-order valence-electron chi connectivity index (χ0n) is 14.3. The van der Waals surface area contributed by atoms with E-state index in [1.54, 1.807) is 0 Å². The molecule has 1 saturated heterocycles. The van der Waals surface area contributed by atoms with Crippen molar-refractivity contribution in [2.24, 2.45) is 0 Å². The summed E-state index contributed by atoms with van der Waals surface area (Å²) in [6, 6.07) is 18.3. The van der Waals surface area contributed by atoms with Crippen LogP contribution in [0.1, 0.15) is 30.9 Å². The molecule has 1 amide bonds.